The molecule has 3 nitrogen and oxygen atoms in total. The van der Waals surface area contributed by atoms with Crippen molar-refractivity contribution >= 4 is 26.0 Å². The summed E-state index contributed by atoms with van der Waals surface area (Å²) in [6.45, 7) is 3.88. The lowest BCUT2D eigenvalue weighted by Crippen LogP contribution is -2.31. The molecule has 0 aliphatic heterocycles. The Bertz CT molecular complexity index is 307. The largest absolute Gasteiger partial charge is 0.212 e. The van der Waals surface area contributed by atoms with Gasteiger partial charge < -0.3 is 0 Å². The molecule has 1 rings (SSSR count). The summed E-state index contributed by atoms with van der Waals surface area (Å²) >= 11 is 3.13. The SMILES string of the molecule is C=C(Br)CNS(=O)(=O)CC1CCCCC1. The van der Waals surface area contributed by atoms with Gasteiger partial charge in [0.15, 0.2) is 0 Å². The normalized spacial score (nSPS) is 19.0. The van der Waals surface area contributed by atoms with Crippen LogP contribution in [0, 0.1) is 5.92 Å². The van der Waals surface area contributed by atoms with Gasteiger partial charge in [0.25, 0.3) is 0 Å². The Kier molecular flexibility index (Phi) is 5.29. The minimum Gasteiger partial charge on any atom is -0.212 e. The Hall–Kier alpha value is 0.130. The first kappa shape index (κ1) is 13.2. The van der Waals surface area contributed by atoms with E-state index in [2.05, 4.69) is 27.2 Å². The van der Waals surface area contributed by atoms with Gasteiger partial charge in [-0.05, 0) is 18.8 Å². The van der Waals surface area contributed by atoms with E-state index in [-0.39, 0.29) is 12.3 Å². The highest BCUT2D eigenvalue weighted by Gasteiger charge is 2.20. The highest BCUT2D eigenvalue weighted by molar-refractivity contribution is 9.11. The fraction of sp³-hybridized carbons (Fsp3) is 0.800. The van der Waals surface area contributed by atoms with E-state index in [0.29, 0.717) is 10.4 Å². The van der Waals surface area contributed by atoms with Gasteiger partial charge in [-0.2, -0.15) is 0 Å². The second-order valence-electron chi connectivity index (χ2n) is 4.12. The van der Waals surface area contributed by atoms with E-state index < -0.39 is 10.0 Å². The first-order chi connectivity index (χ1) is 6.99. The van der Waals surface area contributed by atoms with E-state index in [9.17, 15) is 8.42 Å². The molecule has 0 bridgehead atoms. The fourth-order valence-corrected chi connectivity index (χ4v) is 3.70. The molecular weight excluding hydrogens is 278 g/mol. The van der Waals surface area contributed by atoms with Gasteiger partial charge in [0.1, 0.15) is 0 Å². The minimum absolute atomic E-state index is 0.271. The molecule has 0 unspecified atom stereocenters. The molecular formula is C10H18BrNO2S. The summed E-state index contributed by atoms with van der Waals surface area (Å²) < 4.78 is 26.5. The van der Waals surface area contributed by atoms with Crippen molar-refractivity contribution in [3.8, 4) is 0 Å². The van der Waals surface area contributed by atoms with Crippen molar-refractivity contribution in [2.45, 2.75) is 32.1 Å². The van der Waals surface area contributed by atoms with Crippen molar-refractivity contribution in [2.75, 3.05) is 12.3 Å². The van der Waals surface area contributed by atoms with Crippen molar-refractivity contribution in [3.05, 3.63) is 11.1 Å². The van der Waals surface area contributed by atoms with E-state index in [4.69, 9.17) is 0 Å². The van der Waals surface area contributed by atoms with E-state index in [0.717, 1.165) is 12.8 Å². The first-order valence-corrected chi connectivity index (χ1v) is 7.75. The molecule has 0 radical (unpaired) electrons. The molecule has 15 heavy (non-hydrogen) atoms. The molecule has 0 aromatic carbocycles. The van der Waals surface area contributed by atoms with Crippen LogP contribution < -0.4 is 4.72 Å². The Labute approximate surface area is 101 Å². The maximum absolute atomic E-state index is 11.6. The van der Waals surface area contributed by atoms with Crippen molar-refractivity contribution in [1.82, 2.24) is 4.72 Å². The molecule has 0 amide bonds. The third-order valence-electron chi connectivity index (χ3n) is 2.66. The maximum atomic E-state index is 11.6. The molecule has 1 N–H and O–H groups in total. The predicted octanol–water partition coefficient (Wildman–Crippen LogP) is 2.39. The zero-order valence-electron chi connectivity index (χ0n) is 8.84. The van der Waals surface area contributed by atoms with Crippen LogP contribution in [0.4, 0.5) is 0 Å². The van der Waals surface area contributed by atoms with Crippen LogP contribution in [0.5, 0.6) is 0 Å². The molecule has 1 aliphatic carbocycles. The second-order valence-corrected chi connectivity index (χ2v) is 7.10. The van der Waals surface area contributed by atoms with Gasteiger partial charge in [-0.1, -0.05) is 41.8 Å². The monoisotopic (exact) mass is 295 g/mol. The smallest absolute Gasteiger partial charge is 0.212 e. The third-order valence-corrected chi connectivity index (χ3v) is 4.44. The van der Waals surface area contributed by atoms with Crippen LogP contribution in [0.2, 0.25) is 0 Å². The molecule has 0 atom stereocenters. The summed E-state index contributed by atoms with van der Waals surface area (Å²) in [5.74, 6) is 0.618. The number of nitrogens with one attached hydrogen (secondary N) is 1. The van der Waals surface area contributed by atoms with E-state index in [1.54, 1.807) is 0 Å². The van der Waals surface area contributed by atoms with Crippen LogP contribution in [0.15, 0.2) is 11.1 Å². The topological polar surface area (TPSA) is 46.2 Å². The van der Waals surface area contributed by atoms with Crippen LogP contribution in [0.3, 0.4) is 0 Å². The Morgan fingerprint density at radius 1 is 1.33 bits per heavy atom. The van der Waals surface area contributed by atoms with Gasteiger partial charge in [-0.3, -0.25) is 0 Å². The molecule has 0 aromatic rings. The summed E-state index contributed by atoms with van der Waals surface area (Å²) in [6, 6.07) is 0. The van der Waals surface area contributed by atoms with Crippen LogP contribution in [-0.2, 0) is 10.0 Å². The molecule has 5 heteroatoms. The van der Waals surface area contributed by atoms with Crippen molar-refractivity contribution in [2.24, 2.45) is 5.92 Å². The van der Waals surface area contributed by atoms with Crippen molar-refractivity contribution in [1.29, 1.82) is 0 Å². The van der Waals surface area contributed by atoms with E-state index in [1.165, 1.54) is 19.3 Å². The molecule has 88 valence electrons. The van der Waals surface area contributed by atoms with Gasteiger partial charge >= 0.3 is 0 Å². The summed E-state index contributed by atoms with van der Waals surface area (Å²) in [7, 11) is -3.12. The number of sulfonamides is 1. The van der Waals surface area contributed by atoms with Crippen molar-refractivity contribution < 1.29 is 8.42 Å². The molecule has 0 spiro atoms. The first-order valence-electron chi connectivity index (χ1n) is 5.30. The van der Waals surface area contributed by atoms with E-state index >= 15 is 0 Å². The Morgan fingerprint density at radius 2 is 1.93 bits per heavy atom. The predicted molar refractivity (Wildman–Crippen MR) is 66.4 cm³/mol. The quantitative estimate of drug-likeness (QED) is 0.846. The Morgan fingerprint density at radius 3 is 2.47 bits per heavy atom. The standard InChI is InChI=1S/C10H18BrNO2S/c1-9(11)7-12-15(13,14)8-10-5-3-2-4-6-10/h10,12H,1-8H2. The van der Waals surface area contributed by atoms with Crippen LogP contribution in [-0.4, -0.2) is 20.7 Å². The number of hydrogen-bond donors (Lipinski definition) is 1. The highest BCUT2D eigenvalue weighted by Crippen LogP contribution is 2.24. The lowest BCUT2D eigenvalue weighted by Gasteiger charge is -2.21. The average Bonchev–Trinajstić information content (AvgIpc) is 2.16. The highest BCUT2D eigenvalue weighted by atomic mass is 79.9. The molecule has 1 aliphatic rings. The molecule has 1 fully saturated rings. The summed E-state index contributed by atoms with van der Waals surface area (Å²) in [6.07, 6.45) is 5.70. The Balaban J connectivity index is 2.37. The summed E-state index contributed by atoms with van der Waals surface area (Å²) in [5.41, 5.74) is 0. The zero-order chi connectivity index (χ0) is 11.3. The average molecular weight is 296 g/mol. The van der Waals surface area contributed by atoms with Gasteiger partial charge in [-0.25, -0.2) is 13.1 Å². The molecule has 0 aromatic heterocycles. The van der Waals surface area contributed by atoms with Gasteiger partial charge in [-0.15, -0.1) is 0 Å². The molecule has 0 saturated heterocycles. The minimum atomic E-state index is -3.12. The molecule has 1 saturated carbocycles. The lowest BCUT2D eigenvalue weighted by molar-refractivity contribution is 0.384. The van der Waals surface area contributed by atoms with Crippen molar-refractivity contribution in [3.63, 3.8) is 0 Å². The summed E-state index contributed by atoms with van der Waals surface area (Å²) in [5, 5.41) is 0. The van der Waals surface area contributed by atoms with Gasteiger partial charge in [0.05, 0.1) is 5.75 Å². The third kappa shape index (κ3) is 5.68. The maximum Gasteiger partial charge on any atom is 0.212 e. The van der Waals surface area contributed by atoms with E-state index in [1.807, 2.05) is 0 Å². The van der Waals surface area contributed by atoms with Gasteiger partial charge in [0.2, 0.25) is 10.0 Å². The number of rotatable bonds is 5. The summed E-state index contributed by atoms with van der Waals surface area (Å²) in [4.78, 5) is 0. The molecule has 0 heterocycles. The number of halogens is 1. The number of hydrogen-bond acceptors (Lipinski definition) is 2. The van der Waals surface area contributed by atoms with Crippen LogP contribution in [0.25, 0.3) is 0 Å². The van der Waals surface area contributed by atoms with Gasteiger partial charge in [0, 0.05) is 11.0 Å². The fourth-order valence-electron chi connectivity index (χ4n) is 1.91. The van der Waals surface area contributed by atoms with Crippen LogP contribution >= 0.6 is 15.9 Å². The zero-order valence-corrected chi connectivity index (χ0v) is 11.2. The lowest BCUT2D eigenvalue weighted by atomic mass is 9.91. The second kappa shape index (κ2) is 6.01. The van der Waals surface area contributed by atoms with Crippen LogP contribution in [0.1, 0.15) is 32.1 Å².